The van der Waals surface area contributed by atoms with Gasteiger partial charge in [0, 0.05) is 18.1 Å². The van der Waals surface area contributed by atoms with Crippen LogP contribution in [0.4, 0.5) is 4.39 Å². The third-order valence-corrected chi connectivity index (χ3v) is 3.09. The van der Waals surface area contributed by atoms with Crippen LogP contribution in [0.1, 0.15) is 36.5 Å². The van der Waals surface area contributed by atoms with Crippen LogP contribution in [-0.4, -0.2) is 35.6 Å². The fraction of sp³-hybridized carbons (Fsp3) is 0.500. The lowest BCUT2D eigenvalue weighted by Gasteiger charge is -2.22. The van der Waals surface area contributed by atoms with Gasteiger partial charge in [0.15, 0.2) is 0 Å². The molecule has 3 nitrogen and oxygen atoms in total. The van der Waals surface area contributed by atoms with Crippen molar-refractivity contribution in [1.82, 2.24) is 4.90 Å². The van der Waals surface area contributed by atoms with E-state index in [-0.39, 0.29) is 23.7 Å². The molecule has 1 N–H and O–H groups in total. The summed E-state index contributed by atoms with van der Waals surface area (Å²) < 4.78 is 13.7. The zero-order chi connectivity index (χ0) is 14.3. The van der Waals surface area contributed by atoms with E-state index in [0.717, 1.165) is 25.3 Å². The Morgan fingerprint density at radius 2 is 2.11 bits per heavy atom. The number of hydrogen-bond donors (Lipinski definition) is 1. The number of benzene rings is 1. The van der Waals surface area contributed by atoms with E-state index in [2.05, 4.69) is 6.92 Å². The number of amides is 1. The number of halogens is 2. The zero-order valence-electron chi connectivity index (χ0n) is 11.0. The number of unbranched alkanes of at least 4 members (excludes halogenated alkanes) is 2. The molecule has 0 radical (unpaired) electrons. The predicted octanol–water partition coefficient (Wildman–Crippen LogP) is 3.10. The minimum atomic E-state index is -0.629. The largest absolute Gasteiger partial charge is 0.395 e. The minimum absolute atomic E-state index is 0.00523. The lowest BCUT2D eigenvalue weighted by molar-refractivity contribution is 0.0714. The molecule has 0 unspecified atom stereocenters. The Morgan fingerprint density at radius 1 is 1.37 bits per heavy atom. The van der Waals surface area contributed by atoms with E-state index in [1.807, 2.05) is 0 Å². The normalized spacial score (nSPS) is 10.5. The van der Waals surface area contributed by atoms with Gasteiger partial charge in [-0.15, -0.1) is 0 Å². The lowest BCUT2D eigenvalue weighted by atomic mass is 10.1. The minimum Gasteiger partial charge on any atom is -0.395 e. The molecule has 0 aliphatic rings. The van der Waals surface area contributed by atoms with Crippen LogP contribution in [-0.2, 0) is 0 Å². The Kier molecular flexibility index (Phi) is 6.81. The van der Waals surface area contributed by atoms with Crippen molar-refractivity contribution in [3.8, 4) is 0 Å². The quantitative estimate of drug-likeness (QED) is 0.783. The molecular weight excluding hydrogens is 269 g/mol. The van der Waals surface area contributed by atoms with Crippen LogP contribution in [0.15, 0.2) is 18.2 Å². The molecule has 0 atom stereocenters. The molecule has 1 amide bonds. The van der Waals surface area contributed by atoms with E-state index in [1.165, 1.54) is 17.0 Å². The second kappa shape index (κ2) is 8.12. The van der Waals surface area contributed by atoms with Crippen LogP contribution in [0.25, 0.3) is 0 Å². The van der Waals surface area contributed by atoms with E-state index >= 15 is 0 Å². The van der Waals surface area contributed by atoms with Crippen LogP contribution in [0.5, 0.6) is 0 Å². The maximum atomic E-state index is 13.7. The molecule has 0 bridgehead atoms. The van der Waals surface area contributed by atoms with E-state index in [9.17, 15) is 9.18 Å². The lowest BCUT2D eigenvalue weighted by Crippen LogP contribution is -2.35. The molecule has 1 aromatic rings. The summed E-state index contributed by atoms with van der Waals surface area (Å²) in [6, 6.07) is 3.99. The van der Waals surface area contributed by atoms with Crippen molar-refractivity contribution in [1.29, 1.82) is 0 Å². The SMILES string of the molecule is CCCCCN(CCO)C(=O)c1ccc(Cl)cc1F. The third-order valence-electron chi connectivity index (χ3n) is 2.85. The van der Waals surface area contributed by atoms with E-state index in [1.54, 1.807) is 0 Å². The molecule has 0 saturated carbocycles. The molecule has 0 fully saturated rings. The number of aliphatic hydroxyl groups excluding tert-OH is 1. The first-order valence-corrected chi connectivity index (χ1v) is 6.83. The van der Waals surface area contributed by atoms with Crippen LogP contribution in [0.2, 0.25) is 5.02 Å². The summed E-state index contributed by atoms with van der Waals surface area (Å²) >= 11 is 5.66. The summed E-state index contributed by atoms with van der Waals surface area (Å²) in [7, 11) is 0. The number of nitrogens with zero attached hydrogens (tertiary/aromatic N) is 1. The molecule has 1 aromatic carbocycles. The number of rotatable bonds is 7. The summed E-state index contributed by atoms with van der Waals surface area (Å²) in [5.74, 6) is -1.03. The molecule has 0 spiro atoms. The molecule has 1 rings (SSSR count). The van der Waals surface area contributed by atoms with E-state index in [0.29, 0.717) is 6.54 Å². The maximum Gasteiger partial charge on any atom is 0.256 e. The summed E-state index contributed by atoms with van der Waals surface area (Å²) in [5, 5.41) is 9.25. The summed E-state index contributed by atoms with van der Waals surface area (Å²) in [5.41, 5.74) is -0.00523. The smallest absolute Gasteiger partial charge is 0.256 e. The monoisotopic (exact) mass is 287 g/mol. The van der Waals surface area contributed by atoms with Crippen LogP contribution in [0.3, 0.4) is 0 Å². The molecular formula is C14H19ClFNO2. The van der Waals surface area contributed by atoms with Gasteiger partial charge >= 0.3 is 0 Å². The summed E-state index contributed by atoms with van der Waals surface area (Å²) in [4.78, 5) is 13.7. The predicted molar refractivity (Wildman–Crippen MR) is 73.9 cm³/mol. The zero-order valence-corrected chi connectivity index (χ0v) is 11.8. The Balaban J connectivity index is 2.79. The summed E-state index contributed by atoms with van der Waals surface area (Å²) in [6.07, 6.45) is 2.88. The topological polar surface area (TPSA) is 40.5 Å². The molecule has 0 aliphatic carbocycles. The molecule has 19 heavy (non-hydrogen) atoms. The fourth-order valence-electron chi connectivity index (χ4n) is 1.82. The Morgan fingerprint density at radius 3 is 2.68 bits per heavy atom. The standard InChI is InChI=1S/C14H19ClFNO2/c1-2-3-4-7-17(8-9-18)14(19)12-6-5-11(15)10-13(12)16/h5-6,10,18H,2-4,7-9H2,1H3. The van der Waals surface area contributed by atoms with E-state index < -0.39 is 11.7 Å². The number of hydrogen-bond acceptors (Lipinski definition) is 2. The number of carbonyl (C=O) groups is 1. The first-order chi connectivity index (χ1) is 9.10. The van der Waals surface area contributed by atoms with Gasteiger partial charge in [0.1, 0.15) is 5.82 Å². The van der Waals surface area contributed by atoms with Crippen molar-refractivity contribution in [3.05, 3.63) is 34.6 Å². The van der Waals surface area contributed by atoms with Gasteiger partial charge in [0.25, 0.3) is 5.91 Å². The van der Waals surface area contributed by atoms with Gasteiger partial charge in [-0.3, -0.25) is 4.79 Å². The van der Waals surface area contributed by atoms with Crippen molar-refractivity contribution >= 4 is 17.5 Å². The number of carbonyl (C=O) groups excluding carboxylic acids is 1. The third kappa shape index (κ3) is 4.80. The molecule has 106 valence electrons. The molecule has 0 saturated heterocycles. The van der Waals surface area contributed by atoms with Gasteiger partial charge in [-0.25, -0.2) is 4.39 Å². The van der Waals surface area contributed by atoms with Crippen LogP contribution >= 0.6 is 11.6 Å². The second-order valence-corrected chi connectivity index (χ2v) is 4.78. The van der Waals surface area contributed by atoms with Crippen LogP contribution in [0, 0.1) is 5.82 Å². The van der Waals surface area contributed by atoms with Gasteiger partial charge in [0.05, 0.1) is 12.2 Å². The van der Waals surface area contributed by atoms with Gasteiger partial charge in [-0.1, -0.05) is 31.4 Å². The first-order valence-electron chi connectivity index (χ1n) is 6.45. The van der Waals surface area contributed by atoms with E-state index in [4.69, 9.17) is 16.7 Å². The highest BCUT2D eigenvalue weighted by molar-refractivity contribution is 6.30. The number of aliphatic hydroxyl groups is 1. The van der Waals surface area contributed by atoms with Crippen molar-refractivity contribution in [2.24, 2.45) is 0 Å². The van der Waals surface area contributed by atoms with Gasteiger partial charge in [0.2, 0.25) is 0 Å². The second-order valence-electron chi connectivity index (χ2n) is 4.35. The Labute approximate surface area is 118 Å². The highest BCUT2D eigenvalue weighted by Crippen LogP contribution is 2.16. The summed E-state index contributed by atoms with van der Waals surface area (Å²) in [6.45, 7) is 2.67. The van der Waals surface area contributed by atoms with Gasteiger partial charge in [-0.05, 0) is 24.6 Å². The maximum absolute atomic E-state index is 13.7. The fourth-order valence-corrected chi connectivity index (χ4v) is 1.98. The molecule has 5 heteroatoms. The first kappa shape index (κ1) is 15.9. The molecule has 0 aliphatic heterocycles. The average Bonchev–Trinajstić information content (AvgIpc) is 2.37. The van der Waals surface area contributed by atoms with Crippen molar-refractivity contribution < 1.29 is 14.3 Å². The van der Waals surface area contributed by atoms with Crippen molar-refractivity contribution in [2.75, 3.05) is 19.7 Å². The highest BCUT2D eigenvalue weighted by Gasteiger charge is 2.18. The average molecular weight is 288 g/mol. The van der Waals surface area contributed by atoms with Crippen molar-refractivity contribution in [3.63, 3.8) is 0 Å². The Hall–Kier alpha value is -1.13. The van der Waals surface area contributed by atoms with Crippen LogP contribution < -0.4 is 0 Å². The van der Waals surface area contributed by atoms with Crippen molar-refractivity contribution in [2.45, 2.75) is 26.2 Å². The highest BCUT2D eigenvalue weighted by atomic mass is 35.5. The van der Waals surface area contributed by atoms with Gasteiger partial charge < -0.3 is 10.0 Å². The molecule has 0 aromatic heterocycles. The molecule has 0 heterocycles. The Bertz CT molecular complexity index is 426. The van der Waals surface area contributed by atoms with Gasteiger partial charge in [-0.2, -0.15) is 0 Å².